The molecule has 5 nitrogen and oxygen atoms in total. The molecule has 8 heteroatoms. The third-order valence-corrected chi connectivity index (χ3v) is 6.37. The zero-order valence-electron chi connectivity index (χ0n) is 17.2. The molecule has 2 saturated heterocycles. The Bertz CT molecular complexity index is 959. The van der Waals surface area contributed by atoms with Crippen molar-refractivity contribution in [3.05, 3.63) is 58.4 Å². The summed E-state index contributed by atoms with van der Waals surface area (Å²) in [6.07, 6.45) is -2.86. The van der Waals surface area contributed by atoms with Gasteiger partial charge in [0.05, 0.1) is 12.7 Å². The van der Waals surface area contributed by atoms with E-state index in [0.717, 1.165) is 43.1 Å². The molecule has 1 amide bonds. The number of halogens is 3. The molecular formula is C22H24F3N3O2. The molecule has 2 aliphatic rings. The molecule has 2 aliphatic heterocycles. The number of piperazine rings is 1. The van der Waals surface area contributed by atoms with Crippen molar-refractivity contribution in [3.8, 4) is 5.75 Å². The van der Waals surface area contributed by atoms with Crippen LogP contribution in [-0.4, -0.2) is 53.0 Å². The fourth-order valence-electron chi connectivity index (χ4n) is 4.49. The van der Waals surface area contributed by atoms with Gasteiger partial charge in [-0.3, -0.25) is 14.7 Å². The molecule has 0 radical (unpaired) electrons. The highest BCUT2D eigenvalue weighted by molar-refractivity contribution is 5.93. The predicted octanol–water partition coefficient (Wildman–Crippen LogP) is 3.82. The molecule has 0 saturated carbocycles. The third kappa shape index (κ3) is 3.64. The minimum absolute atomic E-state index is 0.0590. The third-order valence-electron chi connectivity index (χ3n) is 6.37. The maximum atomic E-state index is 12.8. The molecule has 0 aliphatic carbocycles. The van der Waals surface area contributed by atoms with Gasteiger partial charge in [-0.1, -0.05) is 6.07 Å². The van der Waals surface area contributed by atoms with Crippen molar-refractivity contribution in [1.82, 2.24) is 14.8 Å². The average molecular weight is 419 g/mol. The number of hydrogen-bond donors (Lipinski definition) is 0. The maximum Gasteiger partial charge on any atom is 0.417 e. The lowest BCUT2D eigenvalue weighted by Crippen LogP contribution is -2.48. The predicted molar refractivity (Wildman–Crippen MR) is 105 cm³/mol. The molecule has 0 N–H and O–H groups in total. The van der Waals surface area contributed by atoms with Gasteiger partial charge in [-0.2, -0.15) is 13.2 Å². The molecular weight excluding hydrogens is 395 g/mol. The Morgan fingerprint density at radius 3 is 2.47 bits per heavy atom. The van der Waals surface area contributed by atoms with E-state index in [-0.39, 0.29) is 23.7 Å². The highest BCUT2D eigenvalue weighted by atomic mass is 19.4. The first-order valence-electron chi connectivity index (χ1n) is 9.90. The van der Waals surface area contributed by atoms with Gasteiger partial charge >= 0.3 is 6.18 Å². The number of likely N-dealkylation sites (tertiary alicyclic amines) is 2. The first-order chi connectivity index (χ1) is 14.2. The van der Waals surface area contributed by atoms with Gasteiger partial charge in [0.15, 0.2) is 0 Å². The van der Waals surface area contributed by atoms with Crippen LogP contribution in [0.25, 0.3) is 0 Å². The summed E-state index contributed by atoms with van der Waals surface area (Å²) < 4.78 is 43.5. The van der Waals surface area contributed by atoms with Gasteiger partial charge < -0.3 is 9.64 Å². The summed E-state index contributed by atoms with van der Waals surface area (Å²) in [5, 5.41) is 0. The Labute approximate surface area is 173 Å². The number of benzene rings is 1. The SMILES string of the molecule is COc1ccc(CN2C[C@H]3C[C@@H]2CN3C(=O)c2ccc(C(F)(F)F)cn2)c(C)c1C. The molecule has 0 unspecified atom stereocenters. The van der Waals surface area contributed by atoms with Gasteiger partial charge in [-0.25, -0.2) is 0 Å². The van der Waals surface area contributed by atoms with E-state index in [2.05, 4.69) is 22.9 Å². The Morgan fingerprint density at radius 2 is 1.90 bits per heavy atom. The van der Waals surface area contributed by atoms with Gasteiger partial charge in [0, 0.05) is 37.9 Å². The molecule has 160 valence electrons. The first-order valence-corrected chi connectivity index (χ1v) is 9.90. The fraction of sp³-hybridized carbons (Fsp3) is 0.455. The van der Waals surface area contributed by atoms with Crippen molar-refractivity contribution in [2.45, 2.75) is 45.1 Å². The van der Waals surface area contributed by atoms with E-state index < -0.39 is 11.7 Å². The van der Waals surface area contributed by atoms with Crippen LogP contribution in [-0.2, 0) is 12.7 Å². The standard InChI is InChI=1S/C22H24F3N3O2/c1-13-14(2)20(30-3)7-4-15(13)10-27-11-18-8-17(27)12-28(18)21(29)19-6-5-16(9-26-19)22(23,24)25/h4-7,9,17-18H,8,10-12H2,1-3H3/t17-,18-/m1/s1. The largest absolute Gasteiger partial charge is 0.496 e. The lowest BCUT2D eigenvalue weighted by molar-refractivity contribution is -0.137. The second-order valence-corrected chi connectivity index (χ2v) is 8.04. The first kappa shape index (κ1) is 20.7. The number of carbonyl (C=O) groups is 1. The van der Waals surface area contributed by atoms with Crippen LogP contribution in [0.4, 0.5) is 13.2 Å². The monoisotopic (exact) mass is 419 g/mol. The molecule has 2 fully saturated rings. The zero-order chi connectivity index (χ0) is 21.6. The van der Waals surface area contributed by atoms with Crippen LogP contribution in [0.5, 0.6) is 5.75 Å². The summed E-state index contributed by atoms with van der Waals surface area (Å²) >= 11 is 0. The second kappa shape index (κ2) is 7.58. The smallest absolute Gasteiger partial charge is 0.417 e. The molecule has 0 spiro atoms. The summed E-state index contributed by atoms with van der Waals surface area (Å²) in [6, 6.07) is 6.45. The molecule has 4 rings (SSSR count). The summed E-state index contributed by atoms with van der Waals surface area (Å²) in [6.45, 7) is 6.26. The molecule has 2 atom stereocenters. The number of methoxy groups -OCH3 is 1. The van der Waals surface area contributed by atoms with E-state index >= 15 is 0 Å². The van der Waals surface area contributed by atoms with Gasteiger partial charge in [-0.05, 0) is 55.2 Å². The van der Waals surface area contributed by atoms with Crippen LogP contribution >= 0.6 is 0 Å². The number of carbonyl (C=O) groups excluding carboxylic acids is 1. The number of hydrogen-bond acceptors (Lipinski definition) is 4. The van der Waals surface area contributed by atoms with Crippen LogP contribution in [0.1, 0.15) is 39.2 Å². The van der Waals surface area contributed by atoms with Crippen LogP contribution in [0, 0.1) is 13.8 Å². The van der Waals surface area contributed by atoms with E-state index in [0.29, 0.717) is 6.54 Å². The number of alkyl halides is 3. The quantitative estimate of drug-likeness (QED) is 0.756. The molecule has 3 heterocycles. The number of amides is 1. The number of nitrogens with zero attached hydrogens (tertiary/aromatic N) is 3. The fourth-order valence-corrected chi connectivity index (χ4v) is 4.49. The van der Waals surface area contributed by atoms with Crippen molar-refractivity contribution in [2.75, 3.05) is 20.2 Å². The zero-order valence-corrected chi connectivity index (χ0v) is 17.2. The van der Waals surface area contributed by atoms with Gasteiger partial charge in [-0.15, -0.1) is 0 Å². The summed E-state index contributed by atoms with van der Waals surface area (Å²) in [7, 11) is 1.66. The van der Waals surface area contributed by atoms with Crippen molar-refractivity contribution in [1.29, 1.82) is 0 Å². The molecule has 1 aromatic heterocycles. The Hall–Kier alpha value is -2.61. The molecule has 1 aromatic carbocycles. The van der Waals surface area contributed by atoms with Crippen molar-refractivity contribution < 1.29 is 22.7 Å². The number of fused-ring (bicyclic) bond motifs is 2. The Morgan fingerprint density at radius 1 is 1.13 bits per heavy atom. The minimum Gasteiger partial charge on any atom is -0.496 e. The van der Waals surface area contributed by atoms with Crippen molar-refractivity contribution in [2.24, 2.45) is 0 Å². The summed E-state index contributed by atoms with van der Waals surface area (Å²) in [4.78, 5) is 20.7. The number of aromatic nitrogens is 1. The van der Waals surface area contributed by atoms with E-state index in [1.807, 2.05) is 13.0 Å². The van der Waals surface area contributed by atoms with Gasteiger partial charge in [0.2, 0.25) is 0 Å². The molecule has 2 aromatic rings. The summed E-state index contributed by atoms with van der Waals surface area (Å²) in [5.74, 6) is 0.576. The highest BCUT2D eigenvalue weighted by Crippen LogP contribution is 2.34. The number of rotatable bonds is 4. The topological polar surface area (TPSA) is 45.7 Å². The second-order valence-electron chi connectivity index (χ2n) is 8.04. The van der Waals surface area contributed by atoms with E-state index in [9.17, 15) is 18.0 Å². The Kier molecular flexibility index (Phi) is 5.22. The summed E-state index contributed by atoms with van der Waals surface area (Å²) in [5.41, 5.74) is 2.79. The van der Waals surface area contributed by atoms with Crippen LogP contribution in [0.3, 0.4) is 0 Å². The minimum atomic E-state index is -4.46. The Balaban J connectivity index is 1.42. The molecule has 30 heavy (non-hydrogen) atoms. The van der Waals surface area contributed by atoms with E-state index in [4.69, 9.17) is 4.74 Å². The van der Waals surface area contributed by atoms with E-state index in [1.165, 1.54) is 17.2 Å². The van der Waals surface area contributed by atoms with Gasteiger partial charge in [0.1, 0.15) is 11.4 Å². The van der Waals surface area contributed by atoms with Gasteiger partial charge in [0.25, 0.3) is 5.91 Å². The average Bonchev–Trinajstić information content (AvgIpc) is 3.31. The van der Waals surface area contributed by atoms with E-state index in [1.54, 1.807) is 12.0 Å². The van der Waals surface area contributed by atoms with Crippen molar-refractivity contribution >= 4 is 5.91 Å². The van der Waals surface area contributed by atoms with Crippen molar-refractivity contribution in [3.63, 3.8) is 0 Å². The van der Waals surface area contributed by atoms with Crippen LogP contribution < -0.4 is 4.74 Å². The number of pyridine rings is 1. The number of ether oxygens (including phenoxy) is 1. The maximum absolute atomic E-state index is 12.8. The molecule has 2 bridgehead atoms. The van der Waals surface area contributed by atoms with Crippen LogP contribution in [0.15, 0.2) is 30.5 Å². The van der Waals surface area contributed by atoms with Crippen LogP contribution in [0.2, 0.25) is 0 Å². The lowest BCUT2D eigenvalue weighted by Gasteiger charge is -2.34. The lowest BCUT2D eigenvalue weighted by atomic mass is 10.0. The normalized spacial score (nSPS) is 21.3. The highest BCUT2D eigenvalue weighted by Gasteiger charge is 2.45.